The third kappa shape index (κ3) is 3.52. The molecule has 0 spiro atoms. The summed E-state index contributed by atoms with van der Waals surface area (Å²) in [5.74, 6) is 1.65. The summed E-state index contributed by atoms with van der Waals surface area (Å²) in [6.45, 7) is 0. The number of aromatic nitrogens is 2. The zero-order chi connectivity index (χ0) is 17.8. The summed E-state index contributed by atoms with van der Waals surface area (Å²) in [4.78, 5) is 4.50. The second-order valence-electron chi connectivity index (χ2n) is 5.52. The van der Waals surface area contributed by atoms with Gasteiger partial charge < -0.3 is 14.6 Å². The van der Waals surface area contributed by atoms with Crippen molar-refractivity contribution in [3.05, 3.63) is 76.3 Å². The fourth-order valence-electron chi connectivity index (χ4n) is 2.70. The first-order valence-electron chi connectivity index (χ1n) is 7.70. The molecule has 1 N–H and O–H groups in total. The summed E-state index contributed by atoms with van der Waals surface area (Å²) in [7, 11) is 3.62. The van der Waals surface area contributed by atoms with Gasteiger partial charge in [-0.15, -0.1) is 0 Å². The minimum absolute atomic E-state index is 0.208. The van der Waals surface area contributed by atoms with Crippen LogP contribution in [0.25, 0.3) is 0 Å². The highest BCUT2D eigenvalue weighted by molar-refractivity contribution is 9.10. The number of nitrogens with zero attached hydrogens (tertiary/aromatic N) is 3. The van der Waals surface area contributed by atoms with Crippen molar-refractivity contribution in [2.24, 2.45) is 7.05 Å². The Labute approximate surface area is 155 Å². The van der Waals surface area contributed by atoms with Gasteiger partial charge in [-0.3, -0.25) is 0 Å². The van der Waals surface area contributed by atoms with Gasteiger partial charge >= 0.3 is 0 Å². The number of nitriles is 1. The summed E-state index contributed by atoms with van der Waals surface area (Å²) in [5.41, 5.74) is 2.46. The highest BCUT2D eigenvalue weighted by Gasteiger charge is 2.22. The number of rotatable bonds is 5. The first kappa shape index (κ1) is 17.1. The lowest BCUT2D eigenvalue weighted by atomic mass is 10.0. The second kappa shape index (κ2) is 7.41. The number of methoxy groups -OCH3 is 1. The van der Waals surface area contributed by atoms with E-state index >= 15 is 0 Å². The maximum absolute atomic E-state index is 9.05. The van der Waals surface area contributed by atoms with Gasteiger partial charge in [0.25, 0.3) is 0 Å². The molecule has 0 saturated carbocycles. The number of hydrogen-bond acceptors (Lipinski definition) is 4. The molecule has 0 amide bonds. The second-order valence-corrected chi connectivity index (χ2v) is 6.38. The molecule has 0 saturated heterocycles. The Balaban J connectivity index is 2.07. The first-order valence-corrected chi connectivity index (χ1v) is 8.49. The number of ether oxygens (including phenoxy) is 1. The van der Waals surface area contributed by atoms with Gasteiger partial charge in [-0.05, 0) is 40.2 Å². The highest BCUT2D eigenvalue weighted by Crippen LogP contribution is 2.34. The minimum Gasteiger partial charge on any atom is -0.496 e. The number of aryl methyl sites for hydroxylation is 1. The van der Waals surface area contributed by atoms with Gasteiger partial charge in [0.15, 0.2) is 0 Å². The highest BCUT2D eigenvalue weighted by atomic mass is 79.9. The summed E-state index contributed by atoms with van der Waals surface area (Å²) in [6.07, 6.45) is 3.68. The van der Waals surface area contributed by atoms with Crippen molar-refractivity contribution in [3.63, 3.8) is 0 Å². The van der Waals surface area contributed by atoms with E-state index in [1.807, 2.05) is 48.1 Å². The van der Waals surface area contributed by atoms with Crippen LogP contribution in [0.1, 0.15) is 23.0 Å². The van der Waals surface area contributed by atoms with E-state index in [2.05, 4.69) is 32.3 Å². The Morgan fingerprint density at radius 2 is 2.08 bits per heavy atom. The Morgan fingerprint density at radius 1 is 1.28 bits per heavy atom. The molecular formula is C19H17BrN4O. The summed E-state index contributed by atoms with van der Waals surface area (Å²) in [6, 6.07) is 15.3. The molecule has 3 aromatic rings. The van der Waals surface area contributed by atoms with Crippen molar-refractivity contribution in [1.82, 2.24) is 9.55 Å². The third-order valence-corrected chi connectivity index (χ3v) is 4.62. The monoisotopic (exact) mass is 396 g/mol. The van der Waals surface area contributed by atoms with Gasteiger partial charge in [0, 0.05) is 35.2 Å². The zero-order valence-electron chi connectivity index (χ0n) is 13.9. The topological polar surface area (TPSA) is 62.9 Å². The lowest BCUT2D eigenvalue weighted by molar-refractivity contribution is 0.408. The molecule has 1 aromatic heterocycles. The van der Waals surface area contributed by atoms with Crippen LogP contribution in [-0.4, -0.2) is 16.7 Å². The van der Waals surface area contributed by atoms with E-state index in [1.54, 1.807) is 25.4 Å². The number of anilines is 1. The van der Waals surface area contributed by atoms with Crippen LogP contribution in [0.5, 0.6) is 5.75 Å². The van der Waals surface area contributed by atoms with Crippen LogP contribution in [0, 0.1) is 11.3 Å². The molecule has 0 aliphatic heterocycles. The van der Waals surface area contributed by atoms with Crippen molar-refractivity contribution in [2.75, 3.05) is 12.4 Å². The molecule has 5 nitrogen and oxygen atoms in total. The molecule has 6 heteroatoms. The Kier molecular flexibility index (Phi) is 5.05. The minimum atomic E-state index is -0.208. The molecule has 0 aliphatic carbocycles. The maximum Gasteiger partial charge on any atom is 0.135 e. The number of imidazole rings is 1. The molecule has 3 rings (SSSR count). The van der Waals surface area contributed by atoms with Crippen LogP contribution in [0.4, 0.5) is 5.69 Å². The normalized spacial score (nSPS) is 11.6. The predicted octanol–water partition coefficient (Wildman–Crippen LogP) is 4.26. The largest absolute Gasteiger partial charge is 0.496 e. The van der Waals surface area contributed by atoms with Crippen LogP contribution < -0.4 is 10.1 Å². The van der Waals surface area contributed by atoms with E-state index in [0.717, 1.165) is 27.3 Å². The van der Waals surface area contributed by atoms with E-state index in [1.165, 1.54) is 0 Å². The number of para-hydroxylation sites is 1. The molecule has 1 heterocycles. The number of halogens is 1. The summed E-state index contributed by atoms with van der Waals surface area (Å²) in [5, 5.41) is 12.6. The molecule has 25 heavy (non-hydrogen) atoms. The van der Waals surface area contributed by atoms with E-state index in [4.69, 9.17) is 10.00 Å². The molecule has 126 valence electrons. The van der Waals surface area contributed by atoms with Crippen LogP contribution in [0.3, 0.4) is 0 Å². The molecule has 1 unspecified atom stereocenters. The number of nitrogens with one attached hydrogen (secondary N) is 1. The van der Waals surface area contributed by atoms with Crippen LogP contribution in [0.2, 0.25) is 0 Å². The van der Waals surface area contributed by atoms with Gasteiger partial charge in [0.2, 0.25) is 0 Å². The van der Waals surface area contributed by atoms with E-state index in [-0.39, 0.29) is 6.04 Å². The van der Waals surface area contributed by atoms with Crippen LogP contribution in [-0.2, 0) is 7.05 Å². The Bertz CT molecular complexity index is 929. The van der Waals surface area contributed by atoms with Crippen molar-refractivity contribution >= 4 is 21.6 Å². The predicted molar refractivity (Wildman–Crippen MR) is 101 cm³/mol. The van der Waals surface area contributed by atoms with Crippen molar-refractivity contribution in [3.8, 4) is 11.8 Å². The average molecular weight is 397 g/mol. The fourth-order valence-corrected chi connectivity index (χ4v) is 3.19. The summed E-state index contributed by atoms with van der Waals surface area (Å²) < 4.78 is 8.33. The van der Waals surface area contributed by atoms with Gasteiger partial charge in [-0.25, -0.2) is 4.98 Å². The van der Waals surface area contributed by atoms with E-state index in [0.29, 0.717) is 5.56 Å². The SMILES string of the molecule is COc1ccccc1C(Nc1ccc(C#N)cc1Br)c1nccn1C. The smallest absolute Gasteiger partial charge is 0.135 e. The number of hydrogen-bond donors (Lipinski definition) is 1. The molecule has 0 aliphatic rings. The lowest BCUT2D eigenvalue weighted by Crippen LogP contribution is -2.17. The average Bonchev–Trinajstić information content (AvgIpc) is 3.06. The van der Waals surface area contributed by atoms with Gasteiger partial charge in [-0.1, -0.05) is 18.2 Å². The maximum atomic E-state index is 9.05. The Morgan fingerprint density at radius 3 is 2.72 bits per heavy atom. The Hall–Kier alpha value is -2.78. The third-order valence-electron chi connectivity index (χ3n) is 3.96. The molecule has 1 atom stereocenters. The van der Waals surface area contributed by atoms with Crippen LogP contribution in [0.15, 0.2) is 59.3 Å². The van der Waals surface area contributed by atoms with Gasteiger partial charge in [-0.2, -0.15) is 5.26 Å². The molecule has 0 radical (unpaired) electrons. The molecule has 0 fully saturated rings. The van der Waals surface area contributed by atoms with Crippen molar-refractivity contribution < 1.29 is 4.74 Å². The zero-order valence-corrected chi connectivity index (χ0v) is 15.5. The lowest BCUT2D eigenvalue weighted by Gasteiger charge is -2.23. The van der Waals surface area contributed by atoms with Crippen LogP contribution >= 0.6 is 15.9 Å². The van der Waals surface area contributed by atoms with Crippen molar-refractivity contribution in [1.29, 1.82) is 5.26 Å². The van der Waals surface area contributed by atoms with E-state index in [9.17, 15) is 0 Å². The molecule has 0 bridgehead atoms. The quantitative estimate of drug-likeness (QED) is 0.699. The molecule has 2 aromatic carbocycles. The summed E-state index contributed by atoms with van der Waals surface area (Å²) >= 11 is 3.53. The van der Waals surface area contributed by atoms with Gasteiger partial charge in [0.1, 0.15) is 17.6 Å². The van der Waals surface area contributed by atoms with Gasteiger partial charge in [0.05, 0.1) is 18.7 Å². The standard InChI is InChI=1S/C19H17BrN4O/c1-24-10-9-22-19(24)18(14-5-3-4-6-17(14)25-2)23-16-8-7-13(12-21)11-15(16)20/h3-11,18,23H,1-2H3. The van der Waals surface area contributed by atoms with E-state index < -0.39 is 0 Å². The first-order chi connectivity index (χ1) is 12.1. The number of benzene rings is 2. The molecular weight excluding hydrogens is 380 g/mol. The fraction of sp³-hybridized carbons (Fsp3) is 0.158. The van der Waals surface area contributed by atoms with Crippen molar-refractivity contribution in [2.45, 2.75) is 6.04 Å².